The maximum Gasteiger partial charge on any atom is 0.0595 e. The lowest BCUT2D eigenvalue weighted by Gasteiger charge is -2.28. The fourth-order valence-corrected chi connectivity index (χ4v) is 3.97. The van der Waals surface area contributed by atoms with Gasteiger partial charge in [0.2, 0.25) is 0 Å². The van der Waals surface area contributed by atoms with E-state index in [0.717, 1.165) is 12.8 Å². The number of hydrogen-bond acceptors (Lipinski definition) is 0. The highest BCUT2D eigenvalue weighted by Gasteiger charge is 2.25. The van der Waals surface area contributed by atoms with Crippen LogP contribution in [0.4, 0.5) is 0 Å². The average molecular weight is 370 g/mol. The molecule has 0 saturated carbocycles. The van der Waals surface area contributed by atoms with Crippen LogP contribution in [0.1, 0.15) is 27.9 Å². The van der Waals surface area contributed by atoms with E-state index in [1.165, 1.54) is 23.1 Å². The van der Waals surface area contributed by atoms with E-state index in [1.54, 1.807) is 0 Å². The van der Waals surface area contributed by atoms with Gasteiger partial charge >= 0.3 is 0 Å². The molecule has 104 valence electrons. The Labute approximate surface area is 138 Å². The van der Waals surface area contributed by atoms with Crippen LogP contribution in [0, 0.1) is 5.92 Å². The maximum absolute atomic E-state index is 6.13. The molecule has 1 aliphatic carbocycles. The van der Waals surface area contributed by atoms with E-state index in [2.05, 4.69) is 46.3 Å². The first-order chi connectivity index (χ1) is 9.65. The number of aryl methyl sites for hydroxylation is 1. The topological polar surface area (TPSA) is 0 Å². The van der Waals surface area contributed by atoms with Crippen molar-refractivity contribution in [2.75, 3.05) is 0 Å². The smallest absolute Gasteiger partial charge is 0.0595 e. The monoisotopic (exact) mass is 368 g/mol. The van der Waals surface area contributed by atoms with Crippen molar-refractivity contribution in [2.24, 2.45) is 5.92 Å². The van der Waals surface area contributed by atoms with Crippen molar-refractivity contribution in [1.29, 1.82) is 0 Å². The van der Waals surface area contributed by atoms with Crippen molar-refractivity contribution in [1.82, 2.24) is 0 Å². The molecule has 20 heavy (non-hydrogen) atoms. The summed E-state index contributed by atoms with van der Waals surface area (Å²) in [7, 11) is 0. The zero-order chi connectivity index (χ0) is 14.1. The second-order valence-corrected chi connectivity index (χ2v) is 7.15. The number of alkyl halides is 1. The Balaban J connectivity index is 1.82. The van der Waals surface area contributed by atoms with Crippen LogP contribution in [0.3, 0.4) is 0 Å². The average Bonchev–Trinajstić information content (AvgIpc) is 2.49. The van der Waals surface area contributed by atoms with Crippen molar-refractivity contribution in [3.63, 3.8) is 0 Å². The van der Waals surface area contributed by atoms with Crippen LogP contribution in [0.15, 0.2) is 42.5 Å². The van der Waals surface area contributed by atoms with Gasteiger partial charge in [-0.1, -0.05) is 69.5 Å². The summed E-state index contributed by atoms with van der Waals surface area (Å²) in [6.45, 7) is 0. The van der Waals surface area contributed by atoms with Crippen molar-refractivity contribution in [2.45, 2.75) is 24.1 Å². The van der Waals surface area contributed by atoms with E-state index < -0.39 is 0 Å². The number of benzene rings is 2. The first kappa shape index (κ1) is 14.4. The van der Waals surface area contributed by atoms with E-state index in [-0.39, 0.29) is 0 Å². The molecule has 0 nitrogen and oxygen atoms in total. The van der Waals surface area contributed by atoms with Crippen LogP contribution < -0.4 is 0 Å². The van der Waals surface area contributed by atoms with Crippen LogP contribution in [-0.4, -0.2) is 0 Å². The Hall–Kier alpha value is -0.500. The molecule has 2 aromatic carbocycles. The minimum atomic E-state index is 0.325. The van der Waals surface area contributed by atoms with Gasteiger partial charge in [-0.3, -0.25) is 0 Å². The predicted octanol–water partition coefficient (Wildman–Crippen LogP) is 6.23. The Bertz CT molecular complexity index is 624. The van der Waals surface area contributed by atoms with E-state index in [1.807, 2.05) is 12.1 Å². The zero-order valence-corrected chi connectivity index (χ0v) is 14.0. The number of halogens is 3. The molecule has 1 aliphatic rings. The molecular weight excluding hydrogens is 355 g/mol. The summed E-state index contributed by atoms with van der Waals surface area (Å²) in [4.78, 5) is 0.325. The third-order valence-corrected chi connectivity index (χ3v) is 6.08. The van der Waals surface area contributed by atoms with Crippen LogP contribution in [0.5, 0.6) is 0 Å². The van der Waals surface area contributed by atoms with Gasteiger partial charge in [-0.2, -0.15) is 0 Å². The van der Waals surface area contributed by atoms with E-state index >= 15 is 0 Å². The van der Waals surface area contributed by atoms with Gasteiger partial charge in [-0.25, -0.2) is 0 Å². The minimum Gasteiger partial charge on any atom is -0.0836 e. The van der Waals surface area contributed by atoms with Crippen molar-refractivity contribution in [3.05, 3.63) is 69.2 Å². The molecule has 0 bridgehead atoms. The molecule has 2 unspecified atom stereocenters. The lowest BCUT2D eigenvalue weighted by molar-refractivity contribution is 0.453. The molecule has 0 aliphatic heterocycles. The van der Waals surface area contributed by atoms with Gasteiger partial charge < -0.3 is 0 Å². The van der Waals surface area contributed by atoms with Gasteiger partial charge in [0.1, 0.15) is 0 Å². The molecular formula is C17H15BrCl2. The molecule has 3 heteroatoms. The third-order valence-electron chi connectivity index (χ3n) is 4.06. The SMILES string of the molecule is Clc1ccc(C(Br)C2CCc3ccccc3C2)cc1Cl. The summed E-state index contributed by atoms with van der Waals surface area (Å²) in [5, 5.41) is 1.24. The molecule has 0 aromatic heterocycles. The summed E-state index contributed by atoms with van der Waals surface area (Å²) in [6.07, 6.45) is 3.48. The second-order valence-electron chi connectivity index (χ2n) is 5.35. The summed E-state index contributed by atoms with van der Waals surface area (Å²) in [6, 6.07) is 14.7. The van der Waals surface area contributed by atoms with Gasteiger partial charge in [0.15, 0.2) is 0 Å². The quantitative estimate of drug-likeness (QED) is 0.550. The van der Waals surface area contributed by atoms with E-state index in [4.69, 9.17) is 23.2 Å². The summed E-state index contributed by atoms with van der Waals surface area (Å²) >= 11 is 16.0. The normalized spacial score (nSPS) is 19.4. The molecule has 0 N–H and O–H groups in total. The van der Waals surface area contributed by atoms with E-state index in [0.29, 0.717) is 20.8 Å². The second kappa shape index (κ2) is 6.09. The fourth-order valence-electron chi connectivity index (χ4n) is 2.93. The first-order valence-electron chi connectivity index (χ1n) is 6.81. The van der Waals surface area contributed by atoms with Crippen molar-refractivity contribution >= 4 is 39.1 Å². The molecule has 0 radical (unpaired) electrons. The predicted molar refractivity (Wildman–Crippen MR) is 90.1 cm³/mol. The Kier molecular flexibility index (Phi) is 4.40. The molecule has 0 heterocycles. The largest absolute Gasteiger partial charge is 0.0836 e. The molecule has 0 saturated heterocycles. The molecule has 3 rings (SSSR count). The summed E-state index contributed by atoms with van der Waals surface area (Å²) < 4.78 is 0. The van der Waals surface area contributed by atoms with Gasteiger partial charge in [0.25, 0.3) is 0 Å². The van der Waals surface area contributed by atoms with Gasteiger partial charge in [-0.15, -0.1) is 0 Å². The zero-order valence-electron chi connectivity index (χ0n) is 11.0. The first-order valence-corrected chi connectivity index (χ1v) is 8.48. The highest BCUT2D eigenvalue weighted by molar-refractivity contribution is 9.09. The Morgan fingerprint density at radius 1 is 1.00 bits per heavy atom. The third kappa shape index (κ3) is 2.90. The lowest BCUT2D eigenvalue weighted by Crippen LogP contribution is -2.18. The summed E-state index contributed by atoms with van der Waals surface area (Å²) in [5.74, 6) is 0.599. The molecule has 2 atom stereocenters. The Morgan fingerprint density at radius 3 is 2.50 bits per heavy atom. The standard InChI is InChI=1S/C17H15BrCl2/c18-17(14-7-8-15(19)16(20)10-14)13-6-5-11-3-1-2-4-12(11)9-13/h1-4,7-8,10,13,17H,5-6,9H2. The lowest BCUT2D eigenvalue weighted by atomic mass is 9.81. The number of rotatable bonds is 2. The van der Waals surface area contributed by atoms with Gasteiger partial charge in [0, 0.05) is 4.83 Å². The van der Waals surface area contributed by atoms with Crippen LogP contribution in [0.2, 0.25) is 10.0 Å². The van der Waals surface area contributed by atoms with Crippen molar-refractivity contribution in [3.8, 4) is 0 Å². The van der Waals surface area contributed by atoms with Crippen molar-refractivity contribution < 1.29 is 0 Å². The van der Waals surface area contributed by atoms with Crippen LogP contribution >= 0.6 is 39.1 Å². The van der Waals surface area contributed by atoms with E-state index in [9.17, 15) is 0 Å². The Morgan fingerprint density at radius 2 is 1.75 bits per heavy atom. The highest BCUT2D eigenvalue weighted by atomic mass is 79.9. The van der Waals surface area contributed by atoms with Crippen LogP contribution in [0.25, 0.3) is 0 Å². The minimum absolute atomic E-state index is 0.325. The van der Waals surface area contributed by atoms with Gasteiger partial charge in [0.05, 0.1) is 10.0 Å². The summed E-state index contributed by atoms with van der Waals surface area (Å²) in [5.41, 5.74) is 4.19. The van der Waals surface area contributed by atoms with Crippen LogP contribution in [-0.2, 0) is 12.8 Å². The molecule has 0 spiro atoms. The fraction of sp³-hybridized carbons (Fsp3) is 0.294. The molecule has 0 amide bonds. The maximum atomic E-state index is 6.13. The molecule has 2 aromatic rings. The number of hydrogen-bond donors (Lipinski definition) is 0. The molecule has 0 fully saturated rings. The highest BCUT2D eigenvalue weighted by Crippen LogP contribution is 2.40. The van der Waals surface area contributed by atoms with Gasteiger partial charge in [-0.05, 0) is 54.0 Å². The number of fused-ring (bicyclic) bond motifs is 1.